The van der Waals surface area contributed by atoms with Gasteiger partial charge in [-0.3, -0.25) is 4.79 Å². The fourth-order valence-corrected chi connectivity index (χ4v) is 3.62. The molecule has 2 aliphatic rings. The zero-order chi connectivity index (χ0) is 16.7. The van der Waals surface area contributed by atoms with Crippen molar-refractivity contribution >= 4 is 22.8 Å². The van der Waals surface area contributed by atoms with Gasteiger partial charge in [-0.1, -0.05) is 0 Å². The number of amides is 1. The second-order valence-electron chi connectivity index (χ2n) is 6.35. The monoisotopic (exact) mass is 328 g/mol. The van der Waals surface area contributed by atoms with E-state index in [0.29, 0.717) is 25.3 Å². The van der Waals surface area contributed by atoms with Crippen LogP contribution in [0.4, 0.5) is 0 Å². The number of esters is 1. The summed E-state index contributed by atoms with van der Waals surface area (Å²) < 4.78 is 10.3. The normalized spacial score (nSPS) is 20.2. The Morgan fingerprint density at radius 1 is 1.38 bits per heavy atom. The summed E-state index contributed by atoms with van der Waals surface area (Å²) >= 11 is 0. The number of rotatable bonds is 2. The van der Waals surface area contributed by atoms with E-state index in [1.165, 1.54) is 7.11 Å². The highest BCUT2D eigenvalue weighted by Crippen LogP contribution is 2.29. The Morgan fingerprint density at radius 3 is 3.00 bits per heavy atom. The second-order valence-corrected chi connectivity index (χ2v) is 6.35. The number of ether oxygens (including phenoxy) is 2. The maximum absolute atomic E-state index is 12.6. The number of aromatic nitrogens is 1. The van der Waals surface area contributed by atoms with Crippen molar-refractivity contribution in [3.8, 4) is 0 Å². The molecule has 1 fully saturated rings. The molecule has 3 heterocycles. The molecule has 1 saturated heterocycles. The van der Waals surface area contributed by atoms with Gasteiger partial charge in [0.1, 0.15) is 6.10 Å². The standard InChI is InChI=1S/C18H20N2O4/c1-23-18(22)11-4-5-14-12(9-11)13-10-20(7-6-15(13)19-14)17(21)16-3-2-8-24-16/h4-5,9,16,19H,2-3,6-8,10H2,1H3/t16-/m1/s1. The van der Waals surface area contributed by atoms with E-state index in [9.17, 15) is 9.59 Å². The molecule has 0 spiro atoms. The van der Waals surface area contributed by atoms with Gasteiger partial charge < -0.3 is 19.4 Å². The van der Waals surface area contributed by atoms with Crippen LogP contribution in [0.5, 0.6) is 0 Å². The zero-order valence-corrected chi connectivity index (χ0v) is 13.6. The smallest absolute Gasteiger partial charge is 0.337 e. The molecule has 4 rings (SSSR count). The number of hydrogen-bond donors (Lipinski definition) is 1. The minimum atomic E-state index is -0.352. The summed E-state index contributed by atoms with van der Waals surface area (Å²) in [6.45, 7) is 1.92. The third-order valence-corrected chi connectivity index (χ3v) is 4.91. The van der Waals surface area contributed by atoms with Crippen molar-refractivity contribution in [2.75, 3.05) is 20.3 Å². The number of carbonyl (C=O) groups is 2. The molecular weight excluding hydrogens is 308 g/mol. The van der Waals surface area contributed by atoms with E-state index >= 15 is 0 Å². The number of H-pyrrole nitrogens is 1. The molecule has 1 aromatic carbocycles. The third-order valence-electron chi connectivity index (χ3n) is 4.91. The number of aromatic amines is 1. The molecule has 1 atom stereocenters. The van der Waals surface area contributed by atoms with Crippen molar-refractivity contribution in [2.24, 2.45) is 0 Å². The number of carbonyl (C=O) groups excluding carboxylic acids is 2. The second kappa shape index (κ2) is 5.94. The van der Waals surface area contributed by atoms with E-state index < -0.39 is 0 Å². The van der Waals surface area contributed by atoms with Crippen molar-refractivity contribution in [1.82, 2.24) is 9.88 Å². The van der Waals surface area contributed by atoms with Gasteiger partial charge in [0.15, 0.2) is 0 Å². The van der Waals surface area contributed by atoms with Gasteiger partial charge in [0, 0.05) is 48.3 Å². The summed E-state index contributed by atoms with van der Waals surface area (Å²) in [6.07, 6.45) is 2.26. The topological polar surface area (TPSA) is 71.6 Å². The zero-order valence-electron chi connectivity index (χ0n) is 13.6. The van der Waals surface area contributed by atoms with E-state index in [2.05, 4.69) is 4.98 Å². The van der Waals surface area contributed by atoms with Crippen LogP contribution >= 0.6 is 0 Å². The molecule has 0 radical (unpaired) electrons. The molecule has 1 N–H and O–H groups in total. The molecule has 126 valence electrons. The fourth-order valence-electron chi connectivity index (χ4n) is 3.62. The summed E-state index contributed by atoms with van der Waals surface area (Å²) in [6, 6.07) is 5.49. The third kappa shape index (κ3) is 2.47. The molecule has 6 nitrogen and oxygen atoms in total. The van der Waals surface area contributed by atoms with Crippen LogP contribution in [0, 0.1) is 0 Å². The Balaban J connectivity index is 1.66. The van der Waals surface area contributed by atoms with Crippen molar-refractivity contribution < 1.29 is 19.1 Å². The van der Waals surface area contributed by atoms with Gasteiger partial charge in [0.25, 0.3) is 5.91 Å². The van der Waals surface area contributed by atoms with Gasteiger partial charge in [0.05, 0.1) is 12.7 Å². The number of fused-ring (bicyclic) bond motifs is 3. The minimum Gasteiger partial charge on any atom is -0.465 e. The molecule has 24 heavy (non-hydrogen) atoms. The van der Waals surface area contributed by atoms with Crippen LogP contribution in [-0.2, 0) is 27.2 Å². The van der Waals surface area contributed by atoms with Crippen LogP contribution in [0.2, 0.25) is 0 Å². The lowest BCUT2D eigenvalue weighted by atomic mass is 10.0. The minimum absolute atomic E-state index is 0.0802. The first-order valence-corrected chi connectivity index (χ1v) is 8.29. The Kier molecular flexibility index (Phi) is 3.76. The number of hydrogen-bond acceptors (Lipinski definition) is 4. The highest BCUT2D eigenvalue weighted by molar-refractivity contribution is 5.96. The van der Waals surface area contributed by atoms with Crippen molar-refractivity contribution in [3.63, 3.8) is 0 Å². The van der Waals surface area contributed by atoms with Gasteiger partial charge in [-0.05, 0) is 31.0 Å². The Hall–Kier alpha value is -2.34. The predicted molar refractivity (Wildman–Crippen MR) is 87.7 cm³/mol. The van der Waals surface area contributed by atoms with E-state index in [-0.39, 0.29) is 18.0 Å². The lowest BCUT2D eigenvalue weighted by molar-refractivity contribution is -0.141. The van der Waals surface area contributed by atoms with Crippen LogP contribution in [0.3, 0.4) is 0 Å². The lowest BCUT2D eigenvalue weighted by Crippen LogP contribution is -2.41. The summed E-state index contributed by atoms with van der Waals surface area (Å²) in [5.74, 6) is -0.272. The van der Waals surface area contributed by atoms with Gasteiger partial charge in [0.2, 0.25) is 0 Å². The molecule has 2 aromatic rings. The molecule has 1 amide bonds. The Morgan fingerprint density at radius 2 is 2.25 bits per heavy atom. The quantitative estimate of drug-likeness (QED) is 0.856. The SMILES string of the molecule is COC(=O)c1ccc2[nH]c3c(c2c1)CN(C(=O)[C@H]1CCCO1)CC3. The molecule has 2 aliphatic heterocycles. The largest absolute Gasteiger partial charge is 0.465 e. The van der Waals surface area contributed by atoms with Crippen LogP contribution in [0.1, 0.15) is 34.5 Å². The van der Waals surface area contributed by atoms with Gasteiger partial charge in [-0.2, -0.15) is 0 Å². The highest BCUT2D eigenvalue weighted by atomic mass is 16.5. The Labute approximate surface area is 139 Å². The summed E-state index contributed by atoms with van der Waals surface area (Å²) in [7, 11) is 1.38. The molecule has 0 unspecified atom stereocenters. The molecule has 6 heteroatoms. The average molecular weight is 328 g/mol. The number of nitrogens with one attached hydrogen (secondary N) is 1. The summed E-state index contributed by atoms with van der Waals surface area (Å²) in [5, 5.41) is 0.984. The molecule has 0 saturated carbocycles. The fraction of sp³-hybridized carbons (Fsp3) is 0.444. The maximum atomic E-state index is 12.6. The van der Waals surface area contributed by atoms with E-state index in [0.717, 1.165) is 41.4 Å². The predicted octanol–water partition coefficient (Wildman–Crippen LogP) is 2.02. The molecular formula is C18H20N2O4. The number of benzene rings is 1. The molecule has 1 aromatic heterocycles. The highest BCUT2D eigenvalue weighted by Gasteiger charge is 2.31. The van der Waals surface area contributed by atoms with Crippen molar-refractivity contribution in [2.45, 2.75) is 31.9 Å². The van der Waals surface area contributed by atoms with Gasteiger partial charge >= 0.3 is 5.97 Å². The molecule has 0 bridgehead atoms. The maximum Gasteiger partial charge on any atom is 0.337 e. The van der Waals surface area contributed by atoms with Crippen LogP contribution in [-0.4, -0.2) is 48.1 Å². The van der Waals surface area contributed by atoms with Crippen molar-refractivity contribution in [3.05, 3.63) is 35.0 Å². The molecule has 0 aliphatic carbocycles. The summed E-state index contributed by atoms with van der Waals surface area (Å²) in [5.41, 5.74) is 3.74. The first-order valence-electron chi connectivity index (χ1n) is 8.29. The number of nitrogens with zero attached hydrogens (tertiary/aromatic N) is 1. The van der Waals surface area contributed by atoms with Gasteiger partial charge in [-0.15, -0.1) is 0 Å². The van der Waals surface area contributed by atoms with Crippen LogP contribution in [0.25, 0.3) is 10.9 Å². The first kappa shape index (κ1) is 15.2. The van der Waals surface area contributed by atoms with Crippen molar-refractivity contribution in [1.29, 1.82) is 0 Å². The van der Waals surface area contributed by atoms with Gasteiger partial charge in [-0.25, -0.2) is 4.79 Å². The van der Waals surface area contributed by atoms with Crippen LogP contribution in [0.15, 0.2) is 18.2 Å². The van der Waals surface area contributed by atoms with E-state index in [4.69, 9.17) is 9.47 Å². The number of methoxy groups -OCH3 is 1. The van der Waals surface area contributed by atoms with Crippen LogP contribution < -0.4 is 0 Å². The first-order chi connectivity index (χ1) is 11.7. The lowest BCUT2D eigenvalue weighted by Gasteiger charge is -2.29. The average Bonchev–Trinajstić information content (AvgIpc) is 3.27. The van der Waals surface area contributed by atoms with E-state index in [1.54, 1.807) is 6.07 Å². The summed E-state index contributed by atoms with van der Waals surface area (Å²) in [4.78, 5) is 29.7. The van der Waals surface area contributed by atoms with E-state index in [1.807, 2.05) is 17.0 Å². The Bertz CT molecular complexity index is 805.